The van der Waals surface area contributed by atoms with Crippen LogP contribution >= 0.6 is 0 Å². The van der Waals surface area contributed by atoms with Gasteiger partial charge in [0.15, 0.2) is 11.9 Å². The number of likely N-dealkylation sites (tertiary alicyclic amines) is 1. The maximum Gasteiger partial charge on any atom is 0.261 e. The van der Waals surface area contributed by atoms with Crippen molar-refractivity contribution in [1.82, 2.24) is 4.90 Å². The van der Waals surface area contributed by atoms with E-state index in [0.29, 0.717) is 5.56 Å². The van der Waals surface area contributed by atoms with Crippen LogP contribution in [0.15, 0.2) is 60.7 Å². The van der Waals surface area contributed by atoms with Crippen LogP contribution in [0.2, 0.25) is 0 Å². The number of methoxy groups -OCH3 is 1. The Morgan fingerprint density at radius 1 is 1.00 bits per heavy atom. The molecule has 2 amide bonds. The Morgan fingerprint density at radius 3 is 2.12 bits per heavy atom. The molecule has 0 unspecified atom stereocenters. The highest BCUT2D eigenvalue weighted by molar-refractivity contribution is 6.10. The lowest BCUT2D eigenvalue weighted by atomic mass is 9.89. The molecule has 1 aliphatic heterocycles. The van der Waals surface area contributed by atoms with Crippen molar-refractivity contribution in [3.63, 3.8) is 0 Å². The van der Waals surface area contributed by atoms with Gasteiger partial charge in [-0.3, -0.25) is 14.5 Å². The fourth-order valence-corrected chi connectivity index (χ4v) is 2.85. The lowest BCUT2D eigenvalue weighted by Gasteiger charge is -2.47. The van der Waals surface area contributed by atoms with E-state index in [-0.39, 0.29) is 11.8 Å². The minimum atomic E-state index is -0.921. The molecule has 130 valence electrons. The van der Waals surface area contributed by atoms with Crippen LogP contribution in [0.5, 0.6) is 0 Å². The van der Waals surface area contributed by atoms with Crippen molar-refractivity contribution in [2.75, 3.05) is 7.11 Å². The molecule has 2 aromatic carbocycles. The molecule has 2 aromatic rings. The molecule has 1 fully saturated rings. The molecule has 1 heterocycles. The second-order valence-corrected chi connectivity index (χ2v) is 6.38. The highest BCUT2D eigenvalue weighted by Crippen LogP contribution is 2.40. The molecule has 0 spiro atoms. The first kappa shape index (κ1) is 17.3. The van der Waals surface area contributed by atoms with E-state index in [1.54, 1.807) is 38.1 Å². The zero-order chi connectivity index (χ0) is 18.0. The number of rotatable bonds is 5. The molecule has 1 aliphatic rings. The summed E-state index contributed by atoms with van der Waals surface area (Å²) in [5, 5.41) is 0. The Hall–Kier alpha value is -2.50. The van der Waals surface area contributed by atoms with E-state index >= 15 is 0 Å². The Balaban J connectivity index is 1.93. The summed E-state index contributed by atoms with van der Waals surface area (Å²) in [6.07, 6.45) is -0.759. The van der Waals surface area contributed by atoms with Gasteiger partial charge in [-0.1, -0.05) is 48.5 Å². The summed E-state index contributed by atoms with van der Waals surface area (Å²) >= 11 is 0. The molecule has 5 heteroatoms. The molecule has 3 rings (SSSR count). The summed E-state index contributed by atoms with van der Waals surface area (Å²) in [7, 11) is 1.52. The van der Waals surface area contributed by atoms with E-state index in [0.717, 1.165) is 5.56 Å². The third-order valence-corrected chi connectivity index (χ3v) is 4.33. The number of amides is 2. The van der Waals surface area contributed by atoms with Crippen LogP contribution < -0.4 is 0 Å². The molecule has 0 saturated carbocycles. The maximum absolute atomic E-state index is 12.8. The van der Waals surface area contributed by atoms with Crippen molar-refractivity contribution in [2.24, 2.45) is 0 Å². The van der Waals surface area contributed by atoms with Crippen molar-refractivity contribution in [3.8, 4) is 0 Å². The first-order valence-electron chi connectivity index (χ1n) is 8.15. The van der Waals surface area contributed by atoms with E-state index in [9.17, 15) is 9.59 Å². The van der Waals surface area contributed by atoms with Gasteiger partial charge in [0.2, 0.25) is 0 Å². The van der Waals surface area contributed by atoms with E-state index in [1.165, 1.54) is 12.0 Å². The number of nitrogens with zero attached hydrogens (tertiary/aromatic N) is 1. The summed E-state index contributed by atoms with van der Waals surface area (Å²) < 4.78 is 11.1. The molecule has 5 nitrogen and oxygen atoms in total. The van der Waals surface area contributed by atoms with Crippen LogP contribution in [0.1, 0.15) is 35.8 Å². The fourth-order valence-electron chi connectivity index (χ4n) is 2.85. The van der Waals surface area contributed by atoms with Crippen molar-refractivity contribution >= 4 is 11.8 Å². The monoisotopic (exact) mass is 339 g/mol. The maximum atomic E-state index is 12.8. The normalized spacial score (nSPS) is 20.3. The van der Waals surface area contributed by atoms with Crippen molar-refractivity contribution < 1.29 is 19.1 Å². The van der Waals surface area contributed by atoms with Gasteiger partial charge in [0.1, 0.15) is 6.04 Å². The smallest absolute Gasteiger partial charge is 0.261 e. The fraction of sp³-hybridized carbons (Fsp3) is 0.300. The Labute approximate surface area is 147 Å². The predicted octanol–water partition coefficient (Wildman–Crippen LogP) is 3.18. The number of carbonyl (C=O) groups is 2. The van der Waals surface area contributed by atoms with Crippen LogP contribution in [-0.2, 0) is 14.3 Å². The molecular weight excluding hydrogens is 318 g/mol. The molecule has 0 N–H and O–H groups in total. The third kappa shape index (κ3) is 3.34. The lowest BCUT2D eigenvalue weighted by Crippen LogP contribution is -2.63. The minimum absolute atomic E-state index is 0.325. The second kappa shape index (κ2) is 6.78. The quantitative estimate of drug-likeness (QED) is 0.477. The number of benzene rings is 2. The molecular formula is C20H21NO4. The Bertz CT molecular complexity index is 758. The van der Waals surface area contributed by atoms with Crippen molar-refractivity contribution in [1.29, 1.82) is 0 Å². The van der Waals surface area contributed by atoms with Gasteiger partial charge in [-0.15, -0.1) is 0 Å². The van der Waals surface area contributed by atoms with Gasteiger partial charge < -0.3 is 9.47 Å². The van der Waals surface area contributed by atoms with Gasteiger partial charge in [-0.25, -0.2) is 0 Å². The van der Waals surface area contributed by atoms with Gasteiger partial charge in [-0.05, 0) is 31.5 Å². The SMILES string of the molecule is COC(C)(C)O[C@@H]1C(=O)N(C(=O)c2ccccc2)[C@H]1c1ccccc1. The van der Waals surface area contributed by atoms with Crippen LogP contribution in [0.3, 0.4) is 0 Å². The van der Waals surface area contributed by atoms with Crippen molar-refractivity contribution in [3.05, 3.63) is 71.8 Å². The highest BCUT2D eigenvalue weighted by atomic mass is 16.7. The van der Waals surface area contributed by atoms with Crippen LogP contribution in [-0.4, -0.2) is 35.7 Å². The number of carbonyl (C=O) groups excluding carboxylic acids is 2. The van der Waals surface area contributed by atoms with Crippen molar-refractivity contribution in [2.45, 2.75) is 31.8 Å². The predicted molar refractivity (Wildman–Crippen MR) is 92.8 cm³/mol. The first-order valence-corrected chi connectivity index (χ1v) is 8.15. The number of hydrogen-bond donors (Lipinski definition) is 0. The number of ether oxygens (including phenoxy) is 2. The molecule has 0 aromatic heterocycles. The zero-order valence-corrected chi connectivity index (χ0v) is 14.5. The average molecular weight is 339 g/mol. The Morgan fingerprint density at radius 2 is 1.56 bits per heavy atom. The van der Waals surface area contributed by atoms with Crippen LogP contribution in [0.25, 0.3) is 0 Å². The van der Waals surface area contributed by atoms with E-state index in [2.05, 4.69) is 0 Å². The van der Waals surface area contributed by atoms with E-state index in [1.807, 2.05) is 36.4 Å². The molecule has 25 heavy (non-hydrogen) atoms. The van der Waals surface area contributed by atoms with E-state index in [4.69, 9.17) is 9.47 Å². The molecule has 1 saturated heterocycles. The van der Waals surface area contributed by atoms with Gasteiger partial charge in [0.05, 0.1) is 0 Å². The summed E-state index contributed by atoms with van der Waals surface area (Å²) in [5.74, 6) is -1.60. The third-order valence-electron chi connectivity index (χ3n) is 4.33. The number of hydrogen-bond acceptors (Lipinski definition) is 4. The zero-order valence-electron chi connectivity index (χ0n) is 14.5. The van der Waals surface area contributed by atoms with Gasteiger partial charge >= 0.3 is 0 Å². The Kier molecular flexibility index (Phi) is 4.70. The minimum Gasteiger partial charge on any atom is -0.354 e. The van der Waals surface area contributed by atoms with Crippen LogP contribution in [0.4, 0.5) is 0 Å². The first-order chi connectivity index (χ1) is 11.9. The summed E-state index contributed by atoms with van der Waals surface area (Å²) in [6, 6.07) is 17.7. The van der Waals surface area contributed by atoms with Gasteiger partial charge in [0.25, 0.3) is 11.8 Å². The summed E-state index contributed by atoms with van der Waals surface area (Å²) in [4.78, 5) is 26.8. The highest BCUT2D eigenvalue weighted by Gasteiger charge is 2.54. The standard InChI is InChI=1S/C20H21NO4/c1-20(2,24-3)25-17-16(14-10-6-4-7-11-14)21(19(17)23)18(22)15-12-8-5-9-13-15/h4-13,16-17H,1-3H3/t16-,17-/m0/s1. The second-order valence-electron chi connectivity index (χ2n) is 6.38. The topological polar surface area (TPSA) is 55.8 Å². The van der Waals surface area contributed by atoms with Crippen LogP contribution in [0, 0.1) is 0 Å². The molecule has 0 bridgehead atoms. The summed E-state index contributed by atoms with van der Waals surface area (Å²) in [6.45, 7) is 3.48. The lowest BCUT2D eigenvalue weighted by molar-refractivity contribution is -0.250. The molecule has 0 aliphatic carbocycles. The average Bonchev–Trinajstić information content (AvgIpc) is 2.65. The molecule has 0 radical (unpaired) electrons. The largest absolute Gasteiger partial charge is 0.354 e. The van der Waals surface area contributed by atoms with E-state index < -0.39 is 17.9 Å². The number of imide groups is 1. The van der Waals surface area contributed by atoms with Gasteiger partial charge in [-0.2, -0.15) is 0 Å². The molecule has 2 atom stereocenters. The summed E-state index contributed by atoms with van der Waals surface area (Å²) in [5.41, 5.74) is 1.32. The number of β-lactam (4-membered cyclic amide) rings is 1. The van der Waals surface area contributed by atoms with Gasteiger partial charge in [0, 0.05) is 12.7 Å².